The molecule has 176 valence electrons. The third-order valence-electron chi connectivity index (χ3n) is 5.44. The minimum Gasteiger partial charge on any atom is -0.493 e. The van der Waals surface area contributed by atoms with E-state index in [1.807, 2.05) is 30.4 Å². The molecule has 2 heterocycles. The standard InChI is InChI=1S/C25H30N2O3S3/c1-5-29-24(28)9-7-6-8-19-16-26-17-20(27-19)11-10-18-14-21-22(15-23(18)31-2)30-13-12-25(21,32-3)33-4/h14-17H,5-9,12-13H2,1-4H3. The molecule has 0 atom stereocenters. The maximum Gasteiger partial charge on any atom is 0.305 e. The van der Waals surface area contributed by atoms with Crippen LogP contribution >= 0.6 is 35.3 Å². The second kappa shape index (κ2) is 12.6. The molecule has 0 N–H and O–H groups in total. The molecule has 0 fully saturated rings. The summed E-state index contributed by atoms with van der Waals surface area (Å²) >= 11 is 5.40. The number of thioether (sulfide) groups is 3. The second-order valence-electron chi connectivity index (χ2n) is 7.47. The molecule has 2 aromatic rings. The monoisotopic (exact) mass is 502 g/mol. The van der Waals surface area contributed by atoms with E-state index < -0.39 is 0 Å². The van der Waals surface area contributed by atoms with Crippen LogP contribution in [-0.4, -0.2) is 47.9 Å². The molecule has 0 spiro atoms. The van der Waals surface area contributed by atoms with Crippen LogP contribution in [0.1, 0.15) is 55.1 Å². The number of rotatable bonds is 9. The van der Waals surface area contributed by atoms with Gasteiger partial charge in [0.1, 0.15) is 11.4 Å². The summed E-state index contributed by atoms with van der Waals surface area (Å²) in [6, 6.07) is 4.31. The Labute approximate surface area is 209 Å². The zero-order chi connectivity index (χ0) is 23.7. The number of unbranched alkanes of at least 4 members (excludes halogenated alkanes) is 1. The maximum atomic E-state index is 11.5. The molecule has 0 saturated heterocycles. The molecular formula is C25H30N2O3S3. The fourth-order valence-electron chi connectivity index (χ4n) is 3.71. The van der Waals surface area contributed by atoms with Crippen LogP contribution in [0.25, 0.3) is 0 Å². The predicted molar refractivity (Wildman–Crippen MR) is 139 cm³/mol. The van der Waals surface area contributed by atoms with Crippen molar-refractivity contribution in [2.45, 2.75) is 48.0 Å². The normalized spacial score (nSPS) is 13.9. The van der Waals surface area contributed by atoms with Crippen LogP contribution < -0.4 is 4.74 Å². The minimum absolute atomic E-state index is 0.00970. The Hall–Kier alpha value is -1.82. The number of fused-ring (bicyclic) bond motifs is 1. The van der Waals surface area contributed by atoms with Crippen molar-refractivity contribution in [3.05, 3.63) is 47.0 Å². The van der Waals surface area contributed by atoms with Crippen LogP contribution in [0.3, 0.4) is 0 Å². The van der Waals surface area contributed by atoms with E-state index in [0.717, 1.165) is 54.2 Å². The Morgan fingerprint density at radius 2 is 2.00 bits per heavy atom. The molecule has 5 nitrogen and oxygen atoms in total. The van der Waals surface area contributed by atoms with Gasteiger partial charge in [-0.15, -0.1) is 35.3 Å². The quantitative estimate of drug-likeness (QED) is 0.146. The number of carbonyl (C=O) groups excluding carboxylic acids is 1. The van der Waals surface area contributed by atoms with Crippen LogP contribution in [0.2, 0.25) is 0 Å². The molecular weight excluding hydrogens is 472 g/mol. The van der Waals surface area contributed by atoms with Crippen molar-refractivity contribution in [3.63, 3.8) is 0 Å². The van der Waals surface area contributed by atoms with Crippen molar-refractivity contribution < 1.29 is 14.3 Å². The highest BCUT2D eigenvalue weighted by Gasteiger charge is 2.37. The summed E-state index contributed by atoms with van der Waals surface area (Å²) in [5.74, 6) is 7.36. The molecule has 0 aliphatic carbocycles. The van der Waals surface area contributed by atoms with Crippen LogP contribution in [-0.2, 0) is 20.0 Å². The zero-order valence-electron chi connectivity index (χ0n) is 19.6. The molecule has 0 unspecified atom stereocenters. The number of hydrogen-bond acceptors (Lipinski definition) is 8. The fourth-order valence-corrected chi connectivity index (χ4v) is 6.26. The number of hydrogen-bond donors (Lipinski definition) is 0. The molecule has 1 aliphatic rings. The molecule has 1 aliphatic heterocycles. The Bertz CT molecular complexity index is 1030. The maximum absolute atomic E-state index is 11.5. The highest BCUT2D eigenvalue weighted by molar-refractivity contribution is 8.16. The number of esters is 1. The van der Waals surface area contributed by atoms with Gasteiger partial charge in [0, 0.05) is 35.1 Å². The summed E-state index contributed by atoms with van der Waals surface area (Å²) in [5, 5.41) is 0. The lowest BCUT2D eigenvalue weighted by atomic mass is 10.0. The van der Waals surface area contributed by atoms with Gasteiger partial charge < -0.3 is 9.47 Å². The molecule has 1 aromatic heterocycles. The number of carbonyl (C=O) groups is 1. The first-order valence-electron chi connectivity index (χ1n) is 11.0. The highest BCUT2D eigenvalue weighted by atomic mass is 32.2. The van der Waals surface area contributed by atoms with Gasteiger partial charge in [-0.25, -0.2) is 4.98 Å². The molecule has 3 rings (SSSR count). The highest BCUT2D eigenvalue weighted by Crippen LogP contribution is 2.53. The zero-order valence-corrected chi connectivity index (χ0v) is 22.1. The average Bonchev–Trinajstić information content (AvgIpc) is 2.85. The summed E-state index contributed by atoms with van der Waals surface area (Å²) in [7, 11) is 0. The van der Waals surface area contributed by atoms with E-state index in [-0.39, 0.29) is 10.0 Å². The summed E-state index contributed by atoms with van der Waals surface area (Å²) < 4.78 is 11.0. The molecule has 0 radical (unpaired) electrons. The average molecular weight is 503 g/mol. The Kier molecular flexibility index (Phi) is 9.84. The first kappa shape index (κ1) is 25.8. The molecule has 0 amide bonds. The van der Waals surface area contributed by atoms with E-state index >= 15 is 0 Å². The Morgan fingerprint density at radius 1 is 1.18 bits per heavy atom. The SMILES string of the molecule is CCOC(=O)CCCCc1cncc(C#Cc2cc3c(cc2SC)OCCC3(SC)SC)n1. The van der Waals surface area contributed by atoms with Crippen LogP contribution in [0.5, 0.6) is 5.75 Å². The Balaban J connectivity index is 1.77. The van der Waals surface area contributed by atoms with Crippen LogP contribution in [0.4, 0.5) is 0 Å². The van der Waals surface area contributed by atoms with Crippen LogP contribution in [0, 0.1) is 11.8 Å². The van der Waals surface area contributed by atoms with E-state index in [1.165, 1.54) is 5.56 Å². The fraction of sp³-hybridized carbons (Fsp3) is 0.480. The van der Waals surface area contributed by atoms with Crippen molar-refractivity contribution in [1.82, 2.24) is 9.97 Å². The van der Waals surface area contributed by atoms with E-state index in [1.54, 1.807) is 24.2 Å². The first-order valence-corrected chi connectivity index (χ1v) is 14.7. The van der Waals surface area contributed by atoms with Crippen LogP contribution in [0.15, 0.2) is 29.4 Å². The van der Waals surface area contributed by atoms with Gasteiger partial charge in [0.15, 0.2) is 0 Å². The predicted octanol–water partition coefficient (Wildman–Crippen LogP) is 5.54. The summed E-state index contributed by atoms with van der Waals surface area (Å²) in [4.78, 5) is 21.5. The van der Waals surface area contributed by atoms with Crippen molar-refractivity contribution in [3.8, 4) is 17.6 Å². The lowest BCUT2D eigenvalue weighted by Crippen LogP contribution is -2.26. The number of aromatic nitrogens is 2. The lowest BCUT2D eigenvalue weighted by Gasteiger charge is -2.36. The van der Waals surface area contributed by atoms with E-state index in [4.69, 9.17) is 9.47 Å². The van der Waals surface area contributed by atoms with E-state index in [9.17, 15) is 4.79 Å². The number of aryl methyl sites for hydroxylation is 1. The smallest absolute Gasteiger partial charge is 0.305 e. The summed E-state index contributed by atoms with van der Waals surface area (Å²) in [6.45, 7) is 2.98. The van der Waals surface area contributed by atoms with Gasteiger partial charge in [-0.1, -0.05) is 5.92 Å². The summed E-state index contributed by atoms with van der Waals surface area (Å²) in [6.07, 6.45) is 13.6. The van der Waals surface area contributed by atoms with Gasteiger partial charge in [0.25, 0.3) is 0 Å². The number of nitrogens with zero attached hydrogens (tertiary/aromatic N) is 2. The van der Waals surface area contributed by atoms with Gasteiger partial charge in [-0.05, 0) is 63.0 Å². The Morgan fingerprint density at radius 3 is 2.73 bits per heavy atom. The summed E-state index contributed by atoms with van der Waals surface area (Å²) in [5.41, 5.74) is 3.73. The number of benzene rings is 1. The van der Waals surface area contributed by atoms with Crippen molar-refractivity contribution in [2.75, 3.05) is 32.0 Å². The van der Waals surface area contributed by atoms with Crippen molar-refractivity contribution in [2.24, 2.45) is 0 Å². The van der Waals surface area contributed by atoms with Gasteiger partial charge in [-0.2, -0.15) is 0 Å². The molecule has 1 aromatic carbocycles. The third-order valence-corrected chi connectivity index (χ3v) is 9.38. The second-order valence-corrected chi connectivity index (χ2v) is 10.8. The van der Waals surface area contributed by atoms with Gasteiger partial charge in [-0.3, -0.25) is 9.78 Å². The van der Waals surface area contributed by atoms with Crippen molar-refractivity contribution >= 4 is 41.3 Å². The molecule has 0 saturated carbocycles. The molecule has 33 heavy (non-hydrogen) atoms. The number of ether oxygens (including phenoxy) is 2. The first-order chi connectivity index (χ1) is 16.0. The molecule has 0 bridgehead atoms. The topological polar surface area (TPSA) is 61.3 Å². The van der Waals surface area contributed by atoms with Gasteiger partial charge in [0.05, 0.1) is 29.2 Å². The third kappa shape index (κ3) is 6.62. The van der Waals surface area contributed by atoms with E-state index in [2.05, 4.69) is 52.7 Å². The van der Waals surface area contributed by atoms with Gasteiger partial charge in [0.2, 0.25) is 0 Å². The van der Waals surface area contributed by atoms with Crippen molar-refractivity contribution in [1.29, 1.82) is 0 Å². The largest absolute Gasteiger partial charge is 0.493 e. The van der Waals surface area contributed by atoms with E-state index in [0.29, 0.717) is 18.7 Å². The molecule has 8 heteroatoms. The van der Waals surface area contributed by atoms with Gasteiger partial charge >= 0.3 is 5.97 Å². The lowest BCUT2D eigenvalue weighted by molar-refractivity contribution is -0.143. The minimum atomic E-state index is -0.143.